The number of esters is 3. The van der Waals surface area contributed by atoms with Gasteiger partial charge in [-0.25, -0.2) is 0 Å². The molecule has 0 rings (SSSR count). The second-order valence-electron chi connectivity index (χ2n) is 15.6. The zero-order valence-corrected chi connectivity index (χ0v) is 36.9. The largest absolute Gasteiger partial charge is 0.462 e. The lowest BCUT2D eigenvalue weighted by Gasteiger charge is -2.18. The van der Waals surface area contributed by atoms with Crippen LogP contribution in [0.15, 0.2) is 48.6 Å². The van der Waals surface area contributed by atoms with Gasteiger partial charge in [0.1, 0.15) is 13.2 Å². The molecule has 1 unspecified atom stereocenters. The first-order valence-electron chi connectivity index (χ1n) is 23.6. The van der Waals surface area contributed by atoms with Crippen molar-refractivity contribution >= 4 is 17.9 Å². The number of hydrogen-bond acceptors (Lipinski definition) is 6. The van der Waals surface area contributed by atoms with Crippen molar-refractivity contribution in [2.24, 2.45) is 0 Å². The van der Waals surface area contributed by atoms with E-state index >= 15 is 0 Å². The van der Waals surface area contributed by atoms with Crippen LogP contribution < -0.4 is 0 Å². The summed E-state index contributed by atoms with van der Waals surface area (Å²) < 4.78 is 16.7. The summed E-state index contributed by atoms with van der Waals surface area (Å²) in [6, 6.07) is 0. The maximum atomic E-state index is 12.7. The lowest BCUT2D eigenvalue weighted by molar-refractivity contribution is -0.167. The smallest absolute Gasteiger partial charge is 0.306 e. The Morgan fingerprint density at radius 2 is 0.696 bits per heavy atom. The molecule has 0 saturated heterocycles. The molecule has 0 radical (unpaired) electrons. The van der Waals surface area contributed by atoms with Crippen LogP contribution >= 0.6 is 0 Å². The summed E-state index contributed by atoms with van der Waals surface area (Å²) in [7, 11) is 0. The van der Waals surface area contributed by atoms with Gasteiger partial charge in [-0.3, -0.25) is 14.4 Å². The molecular weight excluding hydrogens is 697 g/mol. The van der Waals surface area contributed by atoms with Crippen molar-refractivity contribution in [3.8, 4) is 0 Å². The highest BCUT2D eigenvalue weighted by molar-refractivity contribution is 5.71. The first-order valence-corrected chi connectivity index (χ1v) is 23.6. The highest BCUT2D eigenvalue weighted by Gasteiger charge is 2.19. The van der Waals surface area contributed by atoms with E-state index in [1.807, 2.05) is 0 Å². The number of hydrogen-bond donors (Lipinski definition) is 0. The Labute approximate surface area is 346 Å². The molecule has 0 saturated carbocycles. The van der Waals surface area contributed by atoms with E-state index in [2.05, 4.69) is 69.4 Å². The minimum atomic E-state index is -0.779. The Kier molecular flexibility index (Phi) is 43.0. The average molecular weight is 785 g/mol. The summed E-state index contributed by atoms with van der Waals surface area (Å²) in [6.07, 6.45) is 52.3. The van der Waals surface area contributed by atoms with Gasteiger partial charge in [0.2, 0.25) is 0 Å². The minimum absolute atomic E-state index is 0.0806. The van der Waals surface area contributed by atoms with Crippen molar-refractivity contribution in [2.45, 2.75) is 239 Å². The van der Waals surface area contributed by atoms with Crippen molar-refractivity contribution < 1.29 is 28.6 Å². The van der Waals surface area contributed by atoms with E-state index in [0.29, 0.717) is 19.3 Å². The third-order valence-electron chi connectivity index (χ3n) is 10.1. The van der Waals surface area contributed by atoms with E-state index in [9.17, 15) is 14.4 Å². The molecule has 0 spiro atoms. The van der Waals surface area contributed by atoms with Gasteiger partial charge in [0, 0.05) is 19.3 Å². The molecule has 56 heavy (non-hydrogen) atoms. The molecule has 0 amide bonds. The molecular formula is C50H88O6. The van der Waals surface area contributed by atoms with Gasteiger partial charge < -0.3 is 14.2 Å². The van der Waals surface area contributed by atoms with Crippen LogP contribution in [0.4, 0.5) is 0 Å². The van der Waals surface area contributed by atoms with Gasteiger partial charge in [0.15, 0.2) is 6.10 Å². The summed E-state index contributed by atoms with van der Waals surface area (Å²) in [5, 5.41) is 0. The van der Waals surface area contributed by atoms with Crippen LogP contribution in [0.3, 0.4) is 0 Å². The lowest BCUT2D eigenvalue weighted by Crippen LogP contribution is -2.30. The van der Waals surface area contributed by atoms with Crippen LogP contribution in [0.5, 0.6) is 0 Å². The standard InChI is InChI=1S/C50H88O6/c1-4-7-10-13-16-19-22-24-25-27-28-31-34-37-40-43-49(52)55-46-47(45-54-48(51)42-39-36-33-30-21-18-15-12-9-6-3)56-50(53)44-41-38-35-32-29-26-23-20-17-14-11-8-5-2/h7,10,16,19-20,23-25,47H,4-6,8-9,11-15,17-18,21-22,26-46H2,1-3H3/b10-7-,19-16-,23-20-,25-24-. The molecule has 1 atom stereocenters. The van der Waals surface area contributed by atoms with Gasteiger partial charge in [-0.1, -0.05) is 185 Å². The van der Waals surface area contributed by atoms with Crippen LogP contribution in [0, 0.1) is 0 Å². The molecule has 0 aromatic carbocycles. The van der Waals surface area contributed by atoms with E-state index in [1.54, 1.807) is 0 Å². The summed E-state index contributed by atoms with van der Waals surface area (Å²) in [4.78, 5) is 37.8. The SMILES string of the molecule is CC/C=C\C/C=C\C/C=C\CCCCCCCC(=O)OCC(COC(=O)CCCCCCCCCCCC)OC(=O)CCCCCCC/C=C\CCCCCC. The number of carbonyl (C=O) groups is 3. The minimum Gasteiger partial charge on any atom is -0.462 e. The molecule has 0 fully saturated rings. The lowest BCUT2D eigenvalue weighted by atomic mass is 10.1. The zero-order chi connectivity index (χ0) is 40.8. The Morgan fingerprint density at radius 3 is 1.12 bits per heavy atom. The van der Waals surface area contributed by atoms with Crippen molar-refractivity contribution in [2.75, 3.05) is 13.2 Å². The Bertz CT molecular complexity index is 996. The van der Waals surface area contributed by atoms with Gasteiger partial charge in [-0.15, -0.1) is 0 Å². The van der Waals surface area contributed by atoms with Crippen molar-refractivity contribution in [3.63, 3.8) is 0 Å². The van der Waals surface area contributed by atoms with Crippen molar-refractivity contribution in [1.82, 2.24) is 0 Å². The molecule has 0 aliphatic carbocycles. The molecule has 6 nitrogen and oxygen atoms in total. The fraction of sp³-hybridized carbons (Fsp3) is 0.780. The molecule has 6 heteroatoms. The fourth-order valence-corrected chi connectivity index (χ4v) is 6.51. The van der Waals surface area contributed by atoms with Gasteiger partial charge in [-0.2, -0.15) is 0 Å². The third-order valence-corrected chi connectivity index (χ3v) is 10.1. The Morgan fingerprint density at radius 1 is 0.375 bits per heavy atom. The second-order valence-corrected chi connectivity index (χ2v) is 15.6. The number of rotatable bonds is 42. The fourth-order valence-electron chi connectivity index (χ4n) is 6.51. The van der Waals surface area contributed by atoms with E-state index in [4.69, 9.17) is 14.2 Å². The molecule has 0 heterocycles. The summed E-state index contributed by atoms with van der Waals surface area (Å²) >= 11 is 0. The number of carbonyl (C=O) groups excluding carboxylic acids is 3. The van der Waals surface area contributed by atoms with Gasteiger partial charge >= 0.3 is 17.9 Å². The van der Waals surface area contributed by atoms with E-state index < -0.39 is 6.10 Å². The maximum Gasteiger partial charge on any atom is 0.306 e. The molecule has 0 aromatic heterocycles. The zero-order valence-electron chi connectivity index (χ0n) is 36.9. The van der Waals surface area contributed by atoms with Crippen LogP contribution in [-0.2, 0) is 28.6 Å². The average Bonchev–Trinajstić information content (AvgIpc) is 3.19. The molecule has 0 N–H and O–H groups in total. The highest BCUT2D eigenvalue weighted by Crippen LogP contribution is 2.14. The normalized spacial score (nSPS) is 12.4. The third kappa shape index (κ3) is 42.5. The first kappa shape index (κ1) is 53.4. The van der Waals surface area contributed by atoms with Crippen molar-refractivity contribution in [1.29, 1.82) is 0 Å². The predicted molar refractivity (Wildman–Crippen MR) is 238 cm³/mol. The van der Waals surface area contributed by atoms with Crippen molar-refractivity contribution in [3.05, 3.63) is 48.6 Å². The molecule has 0 aliphatic heterocycles. The van der Waals surface area contributed by atoms with E-state index in [0.717, 1.165) is 109 Å². The molecule has 0 aromatic rings. The maximum absolute atomic E-state index is 12.7. The number of allylic oxidation sites excluding steroid dienone is 8. The second kappa shape index (κ2) is 45.1. The van der Waals surface area contributed by atoms with Gasteiger partial charge in [0.05, 0.1) is 0 Å². The number of ether oxygens (including phenoxy) is 3. The number of unbranched alkanes of at least 4 members (excludes halogenated alkanes) is 23. The monoisotopic (exact) mass is 785 g/mol. The Hall–Kier alpha value is -2.63. The summed E-state index contributed by atoms with van der Waals surface area (Å²) in [6.45, 7) is 6.47. The van der Waals surface area contributed by atoms with E-state index in [-0.39, 0.29) is 31.1 Å². The van der Waals surface area contributed by atoms with Crippen LogP contribution in [-0.4, -0.2) is 37.2 Å². The van der Waals surface area contributed by atoms with Crippen LogP contribution in [0.2, 0.25) is 0 Å². The predicted octanol–water partition coefficient (Wildman–Crippen LogP) is 15.1. The van der Waals surface area contributed by atoms with E-state index in [1.165, 1.54) is 83.5 Å². The first-order chi connectivity index (χ1) is 27.5. The molecule has 0 bridgehead atoms. The quantitative estimate of drug-likeness (QED) is 0.0265. The topological polar surface area (TPSA) is 78.9 Å². The Balaban J connectivity index is 4.40. The van der Waals surface area contributed by atoms with Crippen LogP contribution in [0.25, 0.3) is 0 Å². The summed E-state index contributed by atoms with van der Waals surface area (Å²) in [5.74, 6) is -0.907. The summed E-state index contributed by atoms with van der Waals surface area (Å²) in [5.41, 5.74) is 0. The highest BCUT2D eigenvalue weighted by atomic mass is 16.6. The van der Waals surface area contributed by atoms with Gasteiger partial charge in [-0.05, 0) is 77.0 Å². The van der Waals surface area contributed by atoms with Crippen LogP contribution in [0.1, 0.15) is 233 Å². The molecule has 0 aliphatic rings. The van der Waals surface area contributed by atoms with Gasteiger partial charge in [0.25, 0.3) is 0 Å². The molecule has 324 valence electrons.